The van der Waals surface area contributed by atoms with Crippen molar-refractivity contribution in [3.05, 3.63) is 34.9 Å². The average molecular weight is 344 g/mol. The second kappa shape index (κ2) is 6.18. The molecule has 1 saturated carbocycles. The Hall–Kier alpha value is -0.0100. The third-order valence-corrected chi connectivity index (χ3v) is 6.13. The van der Waals surface area contributed by atoms with Gasteiger partial charge < -0.3 is 0 Å². The van der Waals surface area contributed by atoms with Crippen LogP contribution in [0.2, 0.25) is 5.02 Å². The van der Waals surface area contributed by atoms with Gasteiger partial charge in [0.05, 0.1) is 0 Å². The monoisotopic (exact) mass is 342 g/mol. The van der Waals surface area contributed by atoms with Crippen LogP contribution >= 0.6 is 27.5 Å². The van der Waals surface area contributed by atoms with Gasteiger partial charge in [0.2, 0.25) is 0 Å². The fourth-order valence-electron chi connectivity index (χ4n) is 3.20. The first-order chi connectivity index (χ1) is 8.88. The normalized spacial score (nSPS) is 26.2. The van der Waals surface area contributed by atoms with Crippen LogP contribution in [0.25, 0.3) is 0 Å². The molecule has 1 aromatic carbocycles. The van der Waals surface area contributed by atoms with E-state index in [4.69, 9.17) is 11.6 Å². The molecule has 19 heavy (non-hydrogen) atoms. The van der Waals surface area contributed by atoms with Crippen molar-refractivity contribution in [1.82, 2.24) is 0 Å². The molecule has 2 heteroatoms. The predicted octanol–water partition coefficient (Wildman–Crippen LogP) is 6.63. The SMILES string of the molecule is CC(C)(C)C1CCC(C(Br)c2ccc(Cl)cc2)CC1. The minimum Gasteiger partial charge on any atom is -0.0843 e. The maximum absolute atomic E-state index is 5.96. The average Bonchev–Trinajstić information content (AvgIpc) is 2.38. The molecule has 1 aliphatic rings. The number of benzene rings is 1. The molecule has 106 valence electrons. The zero-order chi connectivity index (χ0) is 14.0. The Balaban J connectivity index is 1.96. The van der Waals surface area contributed by atoms with Crippen molar-refractivity contribution in [1.29, 1.82) is 0 Å². The number of alkyl halides is 1. The van der Waals surface area contributed by atoms with Crippen molar-refractivity contribution < 1.29 is 0 Å². The highest BCUT2D eigenvalue weighted by Crippen LogP contribution is 2.46. The van der Waals surface area contributed by atoms with Crippen LogP contribution in [0.1, 0.15) is 56.8 Å². The van der Waals surface area contributed by atoms with Gasteiger partial charge in [0.1, 0.15) is 0 Å². The van der Waals surface area contributed by atoms with E-state index in [1.165, 1.54) is 31.2 Å². The summed E-state index contributed by atoms with van der Waals surface area (Å²) in [6.07, 6.45) is 5.40. The van der Waals surface area contributed by atoms with Crippen molar-refractivity contribution in [2.75, 3.05) is 0 Å². The highest BCUT2D eigenvalue weighted by molar-refractivity contribution is 9.09. The summed E-state index contributed by atoms with van der Waals surface area (Å²) in [7, 11) is 0. The Labute approximate surface area is 131 Å². The van der Waals surface area contributed by atoms with Crippen LogP contribution in [0.15, 0.2) is 24.3 Å². The molecule has 0 spiro atoms. The molecule has 1 aromatic rings. The highest BCUT2D eigenvalue weighted by atomic mass is 79.9. The van der Waals surface area contributed by atoms with Crippen LogP contribution in [0.3, 0.4) is 0 Å². The van der Waals surface area contributed by atoms with Crippen LogP contribution in [0.4, 0.5) is 0 Å². The fraction of sp³-hybridized carbons (Fsp3) is 0.647. The summed E-state index contributed by atoms with van der Waals surface area (Å²) >= 11 is 9.86. The summed E-state index contributed by atoms with van der Waals surface area (Å²) in [5, 5.41) is 0.819. The second-order valence-electron chi connectivity index (χ2n) is 6.93. The summed E-state index contributed by atoms with van der Waals surface area (Å²) < 4.78 is 0. The number of halogens is 2. The molecule has 2 rings (SSSR count). The van der Waals surface area contributed by atoms with Crippen LogP contribution in [0, 0.1) is 17.3 Å². The molecule has 1 atom stereocenters. The fourth-order valence-corrected chi connectivity index (χ4v) is 4.16. The van der Waals surface area contributed by atoms with E-state index in [9.17, 15) is 0 Å². The Morgan fingerprint density at radius 3 is 2.05 bits per heavy atom. The molecule has 0 N–H and O–H groups in total. The second-order valence-corrected chi connectivity index (χ2v) is 8.35. The van der Waals surface area contributed by atoms with E-state index in [1.807, 2.05) is 12.1 Å². The summed E-state index contributed by atoms with van der Waals surface area (Å²) in [4.78, 5) is 0.477. The predicted molar refractivity (Wildman–Crippen MR) is 88.0 cm³/mol. The maximum atomic E-state index is 5.96. The minimum absolute atomic E-state index is 0.465. The van der Waals surface area contributed by atoms with E-state index in [0.29, 0.717) is 10.2 Å². The topological polar surface area (TPSA) is 0 Å². The molecule has 0 saturated heterocycles. The lowest BCUT2D eigenvalue weighted by molar-refractivity contribution is 0.149. The minimum atomic E-state index is 0.465. The first kappa shape index (κ1) is 15.4. The molecule has 1 unspecified atom stereocenters. The standard InChI is InChI=1S/C17H24BrCl/c1-17(2,3)14-8-4-12(5-9-14)16(18)13-6-10-15(19)11-7-13/h6-7,10-12,14,16H,4-5,8-9H2,1-3H3. The summed E-state index contributed by atoms with van der Waals surface area (Å²) in [5.74, 6) is 1.65. The maximum Gasteiger partial charge on any atom is 0.0423 e. The Bertz CT molecular complexity index is 396. The molecule has 0 aliphatic heterocycles. The zero-order valence-electron chi connectivity index (χ0n) is 12.1. The van der Waals surface area contributed by atoms with Gasteiger partial charge in [-0.05, 0) is 60.6 Å². The molecule has 0 bridgehead atoms. The molecule has 1 fully saturated rings. The van der Waals surface area contributed by atoms with Gasteiger partial charge in [0, 0.05) is 9.85 Å². The molecule has 1 aliphatic carbocycles. The Morgan fingerprint density at radius 1 is 1.05 bits per heavy atom. The van der Waals surface area contributed by atoms with E-state index in [-0.39, 0.29) is 0 Å². The molecule has 0 aromatic heterocycles. The van der Waals surface area contributed by atoms with Crippen molar-refractivity contribution in [3.63, 3.8) is 0 Å². The summed E-state index contributed by atoms with van der Waals surface area (Å²) in [5.41, 5.74) is 1.83. The van der Waals surface area contributed by atoms with Crippen molar-refractivity contribution in [2.24, 2.45) is 17.3 Å². The van der Waals surface area contributed by atoms with Gasteiger partial charge in [-0.3, -0.25) is 0 Å². The van der Waals surface area contributed by atoms with Crippen LogP contribution in [0.5, 0.6) is 0 Å². The van der Waals surface area contributed by atoms with Gasteiger partial charge in [-0.1, -0.05) is 60.4 Å². The van der Waals surface area contributed by atoms with Crippen molar-refractivity contribution in [2.45, 2.75) is 51.3 Å². The largest absolute Gasteiger partial charge is 0.0843 e. The Morgan fingerprint density at radius 2 is 1.58 bits per heavy atom. The van der Waals surface area contributed by atoms with Crippen LogP contribution < -0.4 is 0 Å². The van der Waals surface area contributed by atoms with Gasteiger partial charge >= 0.3 is 0 Å². The van der Waals surface area contributed by atoms with Gasteiger partial charge in [0.15, 0.2) is 0 Å². The molecule has 0 nitrogen and oxygen atoms in total. The molecular formula is C17H24BrCl. The van der Waals surface area contributed by atoms with Crippen molar-refractivity contribution in [3.8, 4) is 0 Å². The van der Waals surface area contributed by atoms with Crippen molar-refractivity contribution >= 4 is 27.5 Å². The lowest BCUT2D eigenvalue weighted by Crippen LogP contribution is -2.27. The van der Waals surface area contributed by atoms with E-state index < -0.39 is 0 Å². The van der Waals surface area contributed by atoms with Crippen LogP contribution in [-0.2, 0) is 0 Å². The molecule has 0 radical (unpaired) electrons. The molecule has 0 heterocycles. The first-order valence-electron chi connectivity index (χ1n) is 7.27. The van der Waals surface area contributed by atoms with Gasteiger partial charge in [0.25, 0.3) is 0 Å². The third-order valence-electron chi connectivity index (χ3n) is 4.60. The Kier molecular flexibility index (Phi) is 5.00. The smallest absolute Gasteiger partial charge is 0.0423 e. The molecule has 0 amide bonds. The number of hydrogen-bond donors (Lipinski definition) is 0. The summed E-state index contributed by atoms with van der Waals surface area (Å²) in [6.45, 7) is 7.13. The quantitative estimate of drug-likeness (QED) is 0.529. The third kappa shape index (κ3) is 3.98. The van der Waals surface area contributed by atoms with Gasteiger partial charge in [-0.15, -0.1) is 0 Å². The lowest BCUT2D eigenvalue weighted by Gasteiger charge is -2.38. The van der Waals surface area contributed by atoms with E-state index in [0.717, 1.165) is 16.9 Å². The highest BCUT2D eigenvalue weighted by Gasteiger charge is 2.32. The zero-order valence-corrected chi connectivity index (χ0v) is 14.5. The first-order valence-corrected chi connectivity index (χ1v) is 8.57. The van der Waals surface area contributed by atoms with Gasteiger partial charge in [-0.2, -0.15) is 0 Å². The van der Waals surface area contributed by atoms with E-state index in [1.54, 1.807) is 0 Å². The number of hydrogen-bond acceptors (Lipinski definition) is 0. The number of rotatable bonds is 2. The van der Waals surface area contributed by atoms with E-state index >= 15 is 0 Å². The van der Waals surface area contributed by atoms with E-state index in [2.05, 4.69) is 48.8 Å². The lowest BCUT2D eigenvalue weighted by atomic mass is 9.69. The summed E-state index contributed by atoms with van der Waals surface area (Å²) in [6, 6.07) is 8.28. The van der Waals surface area contributed by atoms with Gasteiger partial charge in [-0.25, -0.2) is 0 Å². The molecular weight excluding hydrogens is 320 g/mol. The van der Waals surface area contributed by atoms with Crippen LogP contribution in [-0.4, -0.2) is 0 Å².